The van der Waals surface area contributed by atoms with Crippen LogP contribution >= 0.6 is 0 Å². The fourth-order valence-corrected chi connectivity index (χ4v) is 3.05. The molecule has 2 fully saturated rings. The second kappa shape index (κ2) is 5.50. The van der Waals surface area contributed by atoms with Crippen LogP contribution in [0, 0.1) is 5.41 Å². The van der Waals surface area contributed by atoms with Crippen LogP contribution in [0.5, 0.6) is 0 Å². The molecule has 0 aliphatic carbocycles. The summed E-state index contributed by atoms with van der Waals surface area (Å²) in [6, 6.07) is 0.139. The number of ether oxygens (including phenoxy) is 1. The van der Waals surface area contributed by atoms with E-state index in [0.717, 1.165) is 32.4 Å². The third kappa shape index (κ3) is 3.69. The molecule has 0 bridgehead atoms. The highest BCUT2D eigenvalue weighted by Gasteiger charge is 2.43. The first kappa shape index (κ1) is 16.1. The van der Waals surface area contributed by atoms with Crippen molar-refractivity contribution >= 4 is 12.0 Å². The number of hydrogen-bond donors (Lipinski definition) is 0. The molecule has 21 heavy (non-hydrogen) atoms. The van der Waals surface area contributed by atoms with E-state index in [1.807, 2.05) is 39.5 Å². The third-order valence-electron chi connectivity index (χ3n) is 4.31. The Labute approximate surface area is 127 Å². The molecule has 2 aliphatic rings. The van der Waals surface area contributed by atoms with Crippen LogP contribution in [-0.2, 0) is 9.53 Å². The minimum atomic E-state index is -0.477. The number of carbonyl (C=O) groups is 2. The van der Waals surface area contributed by atoms with Crippen LogP contribution in [0.4, 0.5) is 4.79 Å². The number of likely N-dealkylation sites (tertiary alicyclic amines) is 2. The van der Waals surface area contributed by atoms with Crippen LogP contribution < -0.4 is 0 Å². The Morgan fingerprint density at radius 1 is 1.29 bits per heavy atom. The van der Waals surface area contributed by atoms with Crippen molar-refractivity contribution in [2.24, 2.45) is 5.41 Å². The molecule has 0 aromatic rings. The third-order valence-corrected chi connectivity index (χ3v) is 4.31. The van der Waals surface area contributed by atoms with Gasteiger partial charge in [-0.2, -0.15) is 0 Å². The van der Waals surface area contributed by atoms with E-state index in [9.17, 15) is 9.59 Å². The molecule has 0 spiro atoms. The van der Waals surface area contributed by atoms with E-state index in [2.05, 4.69) is 0 Å². The standard InChI is InChI=1S/C16H28N2O3/c1-15(2,3)21-14(20)17-9-6-7-12(11-17)18-10-8-16(4,5)13(18)19/h12H,6-11H2,1-5H3/t12-/m0/s1. The zero-order valence-electron chi connectivity index (χ0n) is 13.9. The van der Waals surface area contributed by atoms with Crippen LogP contribution in [-0.4, -0.2) is 53.1 Å². The van der Waals surface area contributed by atoms with E-state index in [-0.39, 0.29) is 23.5 Å². The topological polar surface area (TPSA) is 49.9 Å². The van der Waals surface area contributed by atoms with Gasteiger partial charge in [0.15, 0.2) is 0 Å². The summed E-state index contributed by atoms with van der Waals surface area (Å²) >= 11 is 0. The SMILES string of the molecule is CC(C)(C)OC(=O)N1CCC[C@H](N2CCC(C)(C)C2=O)C1. The number of carbonyl (C=O) groups excluding carboxylic acids is 2. The molecular formula is C16H28N2O3. The number of hydrogen-bond acceptors (Lipinski definition) is 3. The predicted octanol–water partition coefficient (Wildman–Crippen LogP) is 2.64. The zero-order valence-corrected chi connectivity index (χ0v) is 13.9. The van der Waals surface area contributed by atoms with Crippen molar-refractivity contribution in [1.82, 2.24) is 9.80 Å². The second-order valence-electron chi connectivity index (χ2n) is 7.85. The molecule has 0 aromatic carbocycles. The molecule has 2 aliphatic heterocycles. The minimum absolute atomic E-state index is 0.139. The smallest absolute Gasteiger partial charge is 0.410 e. The van der Waals surface area contributed by atoms with Crippen molar-refractivity contribution in [3.8, 4) is 0 Å². The second-order valence-corrected chi connectivity index (χ2v) is 7.85. The molecule has 0 unspecified atom stereocenters. The lowest BCUT2D eigenvalue weighted by atomic mass is 9.92. The summed E-state index contributed by atoms with van der Waals surface area (Å²) in [6.07, 6.45) is 2.53. The summed E-state index contributed by atoms with van der Waals surface area (Å²) in [7, 11) is 0. The Kier molecular flexibility index (Phi) is 4.22. The van der Waals surface area contributed by atoms with Crippen LogP contribution in [0.1, 0.15) is 53.9 Å². The lowest BCUT2D eigenvalue weighted by molar-refractivity contribution is -0.137. The molecule has 0 aromatic heterocycles. The van der Waals surface area contributed by atoms with E-state index in [4.69, 9.17) is 4.74 Å². The first-order valence-electron chi connectivity index (χ1n) is 7.89. The molecule has 2 rings (SSSR count). The molecular weight excluding hydrogens is 268 g/mol. The van der Waals surface area contributed by atoms with Crippen molar-refractivity contribution in [3.63, 3.8) is 0 Å². The molecule has 5 nitrogen and oxygen atoms in total. The van der Waals surface area contributed by atoms with E-state index in [1.54, 1.807) is 4.90 Å². The zero-order chi connectivity index (χ0) is 15.8. The number of nitrogens with zero attached hydrogens (tertiary/aromatic N) is 2. The molecule has 2 amide bonds. The Morgan fingerprint density at radius 2 is 1.95 bits per heavy atom. The number of amides is 2. The van der Waals surface area contributed by atoms with Crippen molar-refractivity contribution in [1.29, 1.82) is 0 Å². The maximum Gasteiger partial charge on any atom is 0.410 e. The average Bonchev–Trinajstić information content (AvgIpc) is 2.63. The summed E-state index contributed by atoms with van der Waals surface area (Å²) < 4.78 is 5.44. The Morgan fingerprint density at radius 3 is 2.48 bits per heavy atom. The van der Waals surface area contributed by atoms with Gasteiger partial charge in [0.05, 0.1) is 0 Å². The molecule has 0 saturated carbocycles. The summed E-state index contributed by atoms with van der Waals surface area (Å²) in [5.41, 5.74) is -0.732. The monoisotopic (exact) mass is 296 g/mol. The predicted molar refractivity (Wildman–Crippen MR) is 80.9 cm³/mol. The quantitative estimate of drug-likeness (QED) is 0.747. The van der Waals surface area contributed by atoms with E-state index in [0.29, 0.717) is 6.54 Å². The highest BCUT2D eigenvalue weighted by molar-refractivity contribution is 5.84. The van der Waals surface area contributed by atoms with Crippen molar-refractivity contribution in [2.75, 3.05) is 19.6 Å². The normalized spacial score (nSPS) is 26.1. The maximum atomic E-state index is 12.4. The molecule has 2 heterocycles. The van der Waals surface area contributed by atoms with Crippen molar-refractivity contribution in [3.05, 3.63) is 0 Å². The minimum Gasteiger partial charge on any atom is -0.444 e. The van der Waals surface area contributed by atoms with Gasteiger partial charge >= 0.3 is 6.09 Å². The number of piperidine rings is 1. The van der Waals surface area contributed by atoms with Gasteiger partial charge in [-0.25, -0.2) is 4.79 Å². The summed E-state index contributed by atoms with van der Waals surface area (Å²) in [5.74, 6) is 0.221. The molecule has 2 saturated heterocycles. The first-order chi connectivity index (χ1) is 9.60. The van der Waals surface area contributed by atoms with Gasteiger partial charge in [0, 0.05) is 31.1 Å². The highest BCUT2D eigenvalue weighted by Crippen LogP contribution is 2.33. The largest absolute Gasteiger partial charge is 0.444 e. The Bertz CT molecular complexity index is 426. The van der Waals surface area contributed by atoms with E-state index < -0.39 is 5.60 Å². The van der Waals surface area contributed by atoms with Crippen LogP contribution in [0.2, 0.25) is 0 Å². The Hall–Kier alpha value is -1.26. The lowest BCUT2D eigenvalue weighted by Crippen LogP contribution is -2.52. The fraction of sp³-hybridized carbons (Fsp3) is 0.875. The highest BCUT2D eigenvalue weighted by atomic mass is 16.6. The Balaban J connectivity index is 1.98. The van der Waals surface area contributed by atoms with Gasteiger partial charge in [-0.1, -0.05) is 13.8 Å². The van der Waals surface area contributed by atoms with Crippen molar-refractivity contribution < 1.29 is 14.3 Å². The van der Waals surface area contributed by atoms with Crippen LogP contribution in [0.3, 0.4) is 0 Å². The van der Waals surface area contributed by atoms with Gasteiger partial charge in [0.2, 0.25) is 5.91 Å². The van der Waals surface area contributed by atoms with Crippen LogP contribution in [0.25, 0.3) is 0 Å². The van der Waals surface area contributed by atoms with Crippen molar-refractivity contribution in [2.45, 2.75) is 65.5 Å². The van der Waals surface area contributed by atoms with Gasteiger partial charge in [-0.05, 0) is 40.0 Å². The van der Waals surface area contributed by atoms with Gasteiger partial charge < -0.3 is 14.5 Å². The summed E-state index contributed by atoms with van der Waals surface area (Å²) in [6.45, 7) is 11.7. The van der Waals surface area contributed by atoms with Gasteiger partial charge in [-0.3, -0.25) is 4.79 Å². The maximum absolute atomic E-state index is 12.4. The summed E-state index contributed by atoms with van der Waals surface area (Å²) in [4.78, 5) is 28.3. The van der Waals surface area contributed by atoms with Gasteiger partial charge in [0.25, 0.3) is 0 Å². The molecule has 5 heteroatoms. The summed E-state index contributed by atoms with van der Waals surface area (Å²) in [5, 5.41) is 0. The molecule has 120 valence electrons. The van der Waals surface area contributed by atoms with Crippen LogP contribution in [0.15, 0.2) is 0 Å². The fourth-order valence-electron chi connectivity index (χ4n) is 3.05. The van der Waals surface area contributed by atoms with E-state index >= 15 is 0 Å². The van der Waals surface area contributed by atoms with Gasteiger partial charge in [-0.15, -0.1) is 0 Å². The first-order valence-corrected chi connectivity index (χ1v) is 7.89. The number of rotatable bonds is 1. The van der Waals surface area contributed by atoms with E-state index in [1.165, 1.54) is 0 Å². The molecule has 0 N–H and O–H groups in total. The molecule has 0 radical (unpaired) electrons. The lowest BCUT2D eigenvalue weighted by Gasteiger charge is -2.38. The molecule has 1 atom stereocenters. The van der Waals surface area contributed by atoms with Gasteiger partial charge in [0.1, 0.15) is 5.60 Å². The average molecular weight is 296 g/mol.